The molecule has 1 fully saturated rings. The van der Waals surface area contributed by atoms with E-state index in [9.17, 15) is 14.0 Å². The normalized spacial score (nSPS) is 16.8. The maximum atomic E-state index is 13.2. The van der Waals surface area contributed by atoms with Crippen LogP contribution in [0.25, 0.3) is 0 Å². The number of nitrogens with one attached hydrogen (secondary N) is 1. The van der Waals surface area contributed by atoms with Gasteiger partial charge in [-0.05, 0) is 48.4 Å². The van der Waals surface area contributed by atoms with Gasteiger partial charge in [0.1, 0.15) is 11.2 Å². The molecule has 2 amide bonds. The van der Waals surface area contributed by atoms with Crippen molar-refractivity contribution in [1.29, 1.82) is 0 Å². The molecule has 0 saturated carbocycles. The summed E-state index contributed by atoms with van der Waals surface area (Å²) in [6.45, 7) is 2.05. The molecular weight excluding hydrogens is 351 g/mol. The Kier molecular flexibility index (Phi) is 5.93. The van der Waals surface area contributed by atoms with Crippen molar-refractivity contribution in [2.24, 2.45) is 0 Å². The van der Waals surface area contributed by atoms with Gasteiger partial charge in [0.2, 0.25) is 11.8 Å². The van der Waals surface area contributed by atoms with Crippen LogP contribution >= 0.6 is 11.8 Å². The molecule has 26 heavy (non-hydrogen) atoms. The molecule has 136 valence electrons. The van der Waals surface area contributed by atoms with Gasteiger partial charge < -0.3 is 5.32 Å². The maximum Gasteiger partial charge on any atom is 0.238 e. The van der Waals surface area contributed by atoms with Gasteiger partial charge in [-0.3, -0.25) is 14.5 Å². The summed E-state index contributed by atoms with van der Waals surface area (Å²) in [4.78, 5) is 25.8. The second kappa shape index (κ2) is 8.36. The van der Waals surface area contributed by atoms with Gasteiger partial charge in [-0.2, -0.15) is 0 Å². The number of thioether (sulfide) groups is 1. The van der Waals surface area contributed by atoms with Gasteiger partial charge in [-0.1, -0.05) is 25.5 Å². The van der Waals surface area contributed by atoms with Crippen molar-refractivity contribution < 1.29 is 14.0 Å². The van der Waals surface area contributed by atoms with Gasteiger partial charge in [0.25, 0.3) is 0 Å². The summed E-state index contributed by atoms with van der Waals surface area (Å²) in [6, 6.07) is 13.5. The van der Waals surface area contributed by atoms with Gasteiger partial charge in [0.05, 0.1) is 5.75 Å². The fraction of sp³-hybridized carbons (Fsp3) is 0.300. The molecule has 1 N–H and O–H groups in total. The second-order valence-electron chi connectivity index (χ2n) is 6.18. The number of unbranched alkanes of at least 4 members (excludes halogenated alkanes) is 1. The largest absolute Gasteiger partial charge is 0.326 e. The first-order valence-corrected chi connectivity index (χ1v) is 9.72. The predicted octanol–water partition coefficient (Wildman–Crippen LogP) is 4.73. The number of carbonyl (C=O) groups is 2. The third-order valence-corrected chi connectivity index (χ3v) is 5.42. The summed E-state index contributed by atoms with van der Waals surface area (Å²) < 4.78 is 13.2. The Labute approximate surface area is 156 Å². The van der Waals surface area contributed by atoms with E-state index in [1.54, 1.807) is 17.0 Å². The molecular formula is C20H21FN2O2S. The lowest BCUT2D eigenvalue weighted by Crippen LogP contribution is -2.27. The fourth-order valence-corrected chi connectivity index (χ4v) is 4.02. The summed E-state index contributed by atoms with van der Waals surface area (Å²) in [5, 5.41) is 2.73. The minimum absolute atomic E-state index is 0.00329. The average molecular weight is 372 g/mol. The van der Waals surface area contributed by atoms with Gasteiger partial charge in [0, 0.05) is 17.8 Å². The smallest absolute Gasteiger partial charge is 0.238 e. The molecule has 1 aliphatic rings. The molecule has 4 nitrogen and oxygen atoms in total. The Morgan fingerprint density at radius 2 is 1.88 bits per heavy atom. The molecule has 1 heterocycles. The Hall–Kier alpha value is -2.34. The number of rotatable bonds is 6. The molecule has 0 spiro atoms. The molecule has 0 aliphatic carbocycles. The van der Waals surface area contributed by atoms with Gasteiger partial charge in [-0.15, -0.1) is 11.8 Å². The number of nitrogens with zero attached hydrogens (tertiary/aromatic N) is 1. The third-order valence-electron chi connectivity index (χ3n) is 4.21. The van der Waals surface area contributed by atoms with Gasteiger partial charge in [0.15, 0.2) is 0 Å². The molecule has 0 aromatic heterocycles. The minimum Gasteiger partial charge on any atom is -0.326 e. The second-order valence-corrected chi connectivity index (χ2v) is 7.25. The van der Waals surface area contributed by atoms with Crippen molar-refractivity contribution in [2.45, 2.75) is 31.6 Å². The zero-order valence-electron chi connectivity index (χ0n) is 14.6. The number of carbonyl (C=O) groups excluding carboxylic acids is 2. The van der Waals surface area contributed by atoms with Crippen molar-refractivity contribution in [3.63, 3.8) is 0 Å². The Balaban J connectivity index is 1.74. The van der Waals surface area contributed by atoms with Crippen LogP contribution in [0.1, 0.15) is 37.1 Å². The summed E-state index contributed by atoms with van der Waals surface area (Å²) in [5.74, 6) is 0.0756. The first-order valence-electron chi connectivity index (χ1n) is 8.67. The van der Waals surface area contributed by atoms with E-state index in [0.29, 0.717) is 17.9 Å². The Morgan fingerprint density at radius 3 is 2.54 bits per heavy atom. The van der Waals surface area contributed by atoms with Gasteiger partial charge >= 0.3 is 0 Å². The summed E-state index contributed by atoms with van der Waals surface area (Å²) >= 11 is 1.54. The van der Waals surface area contributed by atoms with E-state index in [2.05, 4.69) is 12.2 Å². The predicted molar refractivity (Wildman–Crippen MR) is 104 cm³/mol. The lowest BCUT2D eigenvalue weighted by Gasteiger charge is -2.24. The number of amides is 2. The van der Waals surface area contributed by atoms with Crippen LogP contribution in [0, 0.1) is 5.82 Å². The molecule has 2 aromatic carbocycles. The topological polar surface area (TPSA) is 49.4 Å². The lowest BCUT2D eigenvalue weighted by atomic mass is 10.1. The van der Waals surface area contributed by atoms with E-state index in [1.165, 1.54) is 23.9 Å². The molecule has 1 unspecified atom stereocenters. The highest BCUT2D eigenvalue weighted by molar-refractivity contribution is 8.00. The van der Waals surface area contributed by atoms with E-state index in [0.717, 1.165) is 24.1 Å². The molecule has 2 aromatic rings. The highest BCUT2D eigenvalue weighted by Gasteiger charge is 2.33. The highest BCUT2D eigenvalue weighted by Crippen LogP contribution is 2.41. The molecule has 0 bridgehead atoms. The van der Waals surface area contributed by atoms with Crippen LogP contribution in [-0.4, -0.2) is 17.6 Å². The molecule has 3 rings (SSSR count). The van der Waals surface area contributed by atoms with E-state index in [1.807, 2.05) is 24.3 Å². The van der Waals surface area contributed by atoms with E-state index in [4.69, 9.17) is 0 Å². The minimum atomic E-state index is -0.326. The summed E-state index contributed by atoms with van der Waals surface area (Å²) in [5.41, 5.74) is 2.40. The van der Waals surface area contributed by atoms with Crippen LogP contribution in [0.15, 0.2) is 48.5 Å². The van der Waals surface area contributed by atoms with Gasteiger partial charge in [-0.25, -0.2) is 4.39 Å². The van der Waals surface area contributed by atoms with Crippen LogP contribution < -0.4 is 10.2 Å². The van der Waals surface area contributed by atoms with E-state index in [-0.39, 0.29) is 23.0 Å². The molecule has 1 saturated heterocycles. The Bertz CT molecular complexity index is 777. The van der Waals surface area contributed by atoms with E-state index >= 15 is 0 Å². The van der Waals surface area contributed by atoms with Crippen molar-refractivity contribution in [3.8, 4) is 0 Å². The van der Waals surface area contributed by atoms with E-state index < -0.39 is 0 Å². The first kappa shape index (κ1) is 18.5. The van der Waals surface area contributed by atoms with Crippen molar-refractivity contribution >= 4 is 35.0 Å². The van der Waals surface area contributed by atoms with Crippen LogP contribution in [0.5, 0.6) is 0 Å². The molecule has 1 atom stereocenters. The Morgan fingerprint density at radius 1 is 1.19 bits per heavy atom. The number of hydrogen-bond donors (Lipinski definition) is 1. The SMILES string of the molecule is CCCCC(=O)Nc1ccc(C2SCC(=O)N2c2ccc(F)cc2)cc1. The van der Waals surface area contributed by atoms with Crippen molar-refractivity contribution in [1.82, 2.24) is 0 Å². The summed E-state index contributed by atoms with van der Waals surface area (Å²) in [7, 11) is 0. The van der Waals surface area contributed by atoms with Crippen LogP contribution in [0.3, 0.4) is 0 Å². The number of hydrogen-bond acceptors (Lipinski definition) is 3. The summed E-state index contributed by atoms with van der Waals surface area (Å²) in [6.07, 6.45) is 2.37. The maximum absolute atomic E-state index is 13.2. The van der Waals surface area contributed by atoms with Crippen molar-refractivity contribution in [3.05, 3.63) is 59.9 Å². The fourth-order valence-electron chi connectivity index (χ4n) is 2.84. The van der Waals surface area contributed by atoms with Crippen LogP contribution in [0.4, 0.5) is 15.8 Å². The first-order chi connectivity index (χ1) is 12.6. The molecule has 6 heteroatoms. The molecule has 0 radical (unpaired) electrons. The van der Waals surface area contributed by atoms with Crippen LogP contribution in [-0.2, 0) is 9.59 Å². The average Bonchev–Trinajstić information content (AvgIpc) is 3.03. The number of halogens is 1. The number of benzene rings is 2. The molecule has 1 aliphatic heterocycles. The number of anilines is 2. The quantitative estimate of drug-likeness (QED) is 0.797. The highest BCUT2D eigenvalue weighted by atomic mass is 32.2. The lowest BCUT2D eigenvalue weighted by molar-refractivity contribution is -0.116. The van der Waals surface area contributed by atoms with Crippen molar-refractivity contribution in [2.75, 3.05) is 16.0 Å². The third kappa shape index (κ3) is 4.25. The van der Waals surface area contributed by atoms with Crippen LogP contribution in [0.2, 0.25) is 0 Å². The zero-order valence-corrected chi connectivity index (χ0v) is 15.4. The standard InChI is InChI=1S/C20H21FN2O2S/c1-2-3-4-18(24)22-16-9-5-14(6-10-16)20-23(19(25)13-26-20)17-11-7-15(21)8-12-17/h5-12,20H,2-4,13H2,1H3,(H,22,24). The monoisotopic (exact) mass is 372 g/mol. The zero-order chi connectivity index (χ0) is 18.5.